The van der Waals surface area contributed by atoms with E-state index in [2.05, 4.69) is 210 Å². The van der Waals surface area contributed by atoms with E-state index >= 15 is 0 Å². The Hall–Kier alpha value is -18.6. The van der Waals surface area contributed by atoms with Crippen LogP contribution < -0.4 is 0 Å². The zero-order chi connectivity index (χ0) is 99.8. The third-order valence-electron chi connectivity index (χ3n) is 25.7. The van der Waals surface area contributed by atoms with Crippen molar-refractivity contribution in [3.63, 3.8) is 0 Å². The molecule has 0 aliphatic heterocycles. The molecule has 2 aliphatic rings. The van der Waals surface area contributed by atoms with Gasteiger partial charge in [0.15, 0.2) is 11.3 Å². The number of hydrogen-bond acceptors (Lipinski definition) is 18. The average molecular weight is 1940 g/mol. The lowest BCUT2D eigenvalue weighted by atomic mass is 9.96. The molecule has 15 aromatic heterocycles. The standard InChI is InChI=1S/C21H16FN3O2.C21H17N3.C21H16N2S.C20H14FN3O2.C18H13FN4.C18H14N4/c1-12-8-13(5-6-18(12)22)19-16(4-3-7-23-19)14-9-15-11-24-25-20(15)17(10-14)21(26)27-2;1-3-16(15-6-7-15)13-17(4-1)21-19(5-2-10-23-21)18-8-9-20-22-11-12-24(20)14-18;1-3-15(14-6-7-14)11-17(4-1)21-18(5-2-10-22-21)16-8-9-19-20(12-16)24-13-23-19;1-11-7-12(4-5-17(11)21)18-15(3-2-6-22-18)13-8-14-10-23-24-19(14)16(9-13)20(25)26;1-12-9-13(4-6-16(12)19)18-15(3-2-8-20-18)14-5-7-17-21-11-22-23(17)10-14;1-13-4-2-5-14(10-13)18-16(6-3-9-19-18)15-7-8-17-20-12-21-22(17)11-15/h3-11H,1-2H3,(H,24,25);1-5,8-15H,6-7H2;1-5,8-14H,6-7H2;2-10H,1H3,(H,23,24)(H,25,26);2-11H,1H3;2-12H,1H3. The first-order valence-electron chi connectivity index (χ1n) is 47.3. The van der Waals surface area contributed by atoms with Crippen LogP contribution in [0.15, 0.2) is 378 Å². The number of thiazole rings is 1. The normalized spacial score (nSPS) is 12.0. The maximum atomic E-state index is 13.7. The highest BCUT2D eigenvalue weighted by atomic mass is 32.1. The van der Waals surface area contributed by atoms with Gasteiger partial charge in [0.2, 0.25) is 0 Å². The van der Waals surface area contributed by atoms with Crippen molar-refractivity contribution < 1.29 is 32.6 Å². The monoisotopic (exact) mass is 1940 g/mol. The number of halogens is 3. The molecule has 26 rings (SSSR count). The number of carboxylic acid groups (broad SMARTS) is 1. The molecule has 2 saturated carbocycles. The number of nitrogens with one attached hydrogen (secondary N) is 2. The lowest BCUT2D eigenvalue weighted by Crippen LogP contribution is -2.03. The van der Waals surface area contributed by atoms with Gasteiger partial charge in [-0.1, -0.05) is 103 Å². The largest absolute Gasteiger partial charge is 0.478 e. The SMILES string of the molecule is COC(=O)c1cc(-c2cccnc2-c2ccc(F)c(C)c2)cc2cn[nH]c12.Cc1cc(-c2ncccc2-c2cc(C(=O)O)c3[nH]ncc3c2)ccc1F.Cc1cc(-c2ncccc2-c2ccc3ncnn3c2)ccc1F.Cc1cccc(-c2ncccc2-c2ccc3ncnn3c2)c1.c1cc(-c2ncccc2-c2ccc3nccn3c2)cc(C2CC2)c1.c1cc(-c2ncccc2-c2ccc3ncsc3c2)cc(C2CC2)c1. The van der Waals surface area contributed by atoms with Gasteiger partial charge in [0.1, 0.15) is 35.8 Å². The van der Waals surface area contributed by atoms with Crippen molar-refractivity contribution in [3.8, 4) is 134 Å². The third kappa shape index (κ3) is 20.4. The summed E-state index contributed by atoms with van der Waals surface area (Å²) in [7, 11) is 1.34. The van der Waals surface area contributed by atoms with E-state index in [4.69, 9.17) is 9.72 Å². The van der Waals surface area contributed by atoms with E-state index in [-0.39, 0.29) is 23.0 Å². The zero-order valence-corrected chi connectivity index (χ0v) is 80.4. The predicted molar refractivity (Wildman–Crippen MR) is 566 cm³/mol. The van der Waals surface area contributed by atoms with E-state index in [0.29, 0.717) is 55.6 Å². The van der Waals surface area contributed by atoms with Gasteiger partial charge in [0.25, 0.3) is 0 Å². The second kappa shape index (κ2) is 41.7. The second-order valence-electron chi connectivity index (χ2n) is 35.6. The van der Waals surface area contributed by atoms with Gasteiger partial charge < -0.3 is 14.2 Å². The minimum atomic E-state index is -1.04. The highest BCUT2D eigenvalue weighted by Gasteiger charge is 2.27. The summed E-state index contributed by atoms with van der Waals surface area (Å²) < 4.78 is 52.5. The smallest absolute Gasteiger partial charge is 0.340 e. The van der Waals surface area contributed by atoms with E-state index in [1.807, 2.05) is 144 Å². The van der Waals surface area contributed by atoms with Gasteiger partial charge in [-0.2, -0.15) is 20.4 Å². The van der Waals surface area contributed by atoms with Gasteiger partial charge in [0.05, 0.1) is 91.6 Å². The summed E-state index contributed by atoms with van der Waals surface area (Å²) in [5.41, 5.74) is 36.1. The molecule has 27 heteroatoms. The zero-order valence-electron chi connectivity index (χ0n) is 79.6. The van der Waals surface area contributed by atoms with Crippen LogP contribution in [0, 0.1) is 45.1 Å². The topological polar surface area (TPSA) is 289 Å². The molecule has 0 unspecified atom stereocenters. The summed E-state index contributed by atoms with van der Waals surface area (Å²) in [5.74, 6) is -0.734. The minimum Gasteiger partial charge on any atom is -0.478 e. The Balaban J connectivity index is 0.000000103. The number of aromatic carboxylic acids is 1. The predicted octanol–water partition coefficient (Wildman–Crippen LogP) is 27.5. The van der Waals surface area contributed by atoms with Gasteiger partial charge >= 0.3 is 11.9 Å². The molecule has 0 spiro atoms. The molecule has 146 heavy (non-hydrogen) atoms. The fourth-order valence-electron chi connectivity index (χ4n) is 18.0. The number of aryl methyl sites for hydroxylation is 4. The molecular formula is C119H90F3N19O4S. The van der Waals surface area contributed by atoms with Crippen molar-refractivity contribution in [2.45, 2.75) is 65.2 Å². The number of esters is 1. The number of carboxylic acids is 1. The molecule has 23 nitrogen and oxygen atoms in total. The first kappa shape index (κ1) is 93.7. The lowest BCUT2D eigenvalue weighted by molar-refractivity contribution is 0.0601. The second-order valence-corrected chi connectivity index (χ2v) is 36.5. The first-order chi connectivity index (χ1) is 71.4. The number of aromatic amines is 2. The number of carbonyl (C=O) groups excluding carboxylic acids is 1. The van der Waals surface area contributed by atoms with Crippen LogP contribution in [0.2, 0.25) is 0 Å². The Morgan fingerprint density at radius 2 is 0.753 bits per heavy atom. The molecule has 24 aromatic rings. The minimum absolute atomic E-state index is 0.139. The number of H-pyrrole nitrogens is 2. The molecular weight excluding hydrogens is 1850 g/mol. The van der Waals surface area contributed by atoms with Crippen LogP contribution in [-0.2, 0) is 4.74 Å². The maximum absolute atomic E-state index is 13.7. The number of imidazole rings is 1. The molecule has 0 amide bonds. The Morgan fingerprint density at radius 1 is 0.363 bits per heavy atom. The van der Waals surface area contributed by atoms with Crippen molar-refractivity contribution in [2.24, 2.45) is 0 Å². The molecule has 0 atom stereocenters. The molecule has 0 radical (unpaired) electrons. The quantitative estimate of drug-likeness (QED) is 0.0758. The highest BCUT2D eigenvalue weighted by molar-refractivity contribution is 7.16. The van der Waals surface area contributed by atoms with Crippen molar-refractivity contribution in [2.75, 3.05) is 7.11 Å². The number of fused-ring (bicyclic) bond motifs is 6. The number of rotatable bonds is 16. The maximum Gasteiger partial charge on any atom is 0.340 e. The van der Waals surface area contributed by atoms with Crippen LogP contribution in [0.4, 0.5) is 13.2 Å². The number of carbonyl (C=O) groups is 2. The van der Waals surface area contributed by atoms with E-state index in [9.17, 15) is 27.9 Å². The van der Waals surface area contributed by atoms with Crippen LogP contribution in [0.3, 0.4) is 0 Å². The third-order valence-corrected chi connectivity index (χ3v) is 26.5. The molecule has 2 fully saturated rings. The van der Waals surface area contributed by atoms with Gasteiger partial charge in [-0.3, -0.25) is 40.1 Å². The van der Waals surface area contributed by atoms with Gasteiger partial charge in [-0.05, 0) is 292 Å². The molecule has 3 N–H and O–H groups in total. The molecule has 2 aliphatic carbocycles. The van der Waals surface area contributed by atoms with Crippen molar-refractivity contribution >= 4 is 72.2 Å². The van der Waals surface area contributed by atoms with Gasteiger partial charge in [-0.15, -0.1) is 11.3 Å². The molecule has 712 valence electrons. The molecule has 0 bridgehead atoms. The van der Waals surface area contributed by atoms with Crippen molar-refractivity contribution in [3.05, 3.63) is 440 Å². The van der Waals surface area contributed by atoms with E-state index in [1.165, 1.54) is 101 Å². The van der Waals surface area contributed by atoms with Crippen LogP contribution in [0.25, 0.3) is 183 Å². The molecule has 9 aromatic carbocycles. The van der Waals surface area contributed by atoms with E-state index in [1.54, 1.807) is 127 Å². The Morgan fingerprint density at radius 3 is 1.18 bits per heavy atom. The summed E-state index contributed by atoms with van der Waals surface area (Å²) in [4.78, 5) is 68.3. The van der Waals surface area contributed by atoms with E-state index in [0.717, 1.165) is 135 Å². The first-order valence-corrected chi connectivity index (χ1v) is 48.2. The van der Waals surface area contributed by atoms with Crippen LogP contribution >= 0.6 is 11.3 Å². The number of nitrogens with zero attached hydrogens (tertiary/aromatic N) is 17. The number of pyridine rings is 9. The summed E-state index contributed by atoms with van der Waals surface area (Å²) in [6, 6.07) is 90.2. The fourth-order valence-corrected chi connectivity index (χ4v) is 18.7. The van der Waals surface area contributed by atoms with Crippen molar-refractivity contribution in [1.29, 1.82) is 0 Å². The number of hydrogen-bond donors (Lipinski definition) is 3. The summed E-state index contributed by atoms with van der Waals surface area (Å²) in [6.07, 6.45) is 32.1. The number of aromatic nitrogens is 19. The average Bonchev–Trinajstić information content (AvgIpc) is 1.33. The van der Waals surface area contributed by atoms with Gasteiger partial charge in [-0.25, -0.2) is 51.7 Å². The molecule has 15 heterocycles. The van der Waals surface area contributed by atoms with Crippen LogP contribution in [0.5, 0.6) is 0 Å². The Labute approximate surface area is 839 Å². The Kier molecular flexibility index (Phi) is 26.7. The Bertz CT molecular complexity index is 8840. The summed E-state index contributed by atoms with van der Waals surface area (Å²) >= 11 is 1.68. The highest BCUT2D eigenvalue weighted by Crippen LogP contribution is 2.46. The van der Waals surface area contributed by atoms with Crippen LogP contribution in [0.1, 0.15) is 91.6 Å². The number of benzene rings is 9. The number of methoxy groups -OCH3 is 1. The fraction of sp³-hybridized carbons (Fsp3) is 0.0924. The van der Waals surface area contributed by atoms with Crippen molar-refractivity contribution in [1.82, 2.24) is 93.9 Å². The van der Waals surface area contributed by atoms with E-state index < -0.39 is 11.9 Å². The van der Waals surface area contributed by atoms with Gasteiger partial charge in [0, 0.05) is 162 Å². The van der Waals surface area contributed by atoms with Crippen LogP contribution in [-0.4, -0.2) is 118 Å². The summed E-state index contributed by atoms with van der Waals surface area (Å²) in [6.45, 7) is 7.26. The number of ether oxygens (including phenoxy) is 1. The molecule has 0 saturated heterocycles. The summed E-state index contributed by atoms with van der Waals surface area (Å²) in [5, 5.41) is 32.9. The lowest BCUT2D eigenvalue weighted by Gasteiger charge is -2.11.